The molecule has 0 aliphatic heterocycles. The number of rotatable bonds is 4. The van der Waals surface area contributed by atoms with Crippen molar-refractivity contribution in [1.29, 1.82) is 0 Å². The van der Waals surface area contributed by atoms with Crippen LogP contribution in [0.2, 0.25) is 0 Å². The molecule has 108 valence electrons. The molecule has 0 aromatic rings. The standard InChI is InChI=1S/C14H30N2O2/c1-11(17)14(16-18)9-6-5-7-12(8-10-14)13(2,3)15-4/h11-12,15-18H,5-10H2,1-4H3/t11-,12-,14?/m0/s1. The van der Waals surface area contributed by atoms with E-state index in [2.05, 4.69) is 24.6 Å². The fourth-order valence-electron chi connectivity index (χ4n) is 3.08. The van der Waals surface area contributed by atoms with Crippen molar-refractivity contribution in [3.8, 4) is 0 Å². The number of aliphatic hydroxyl groups is 1. The third kappa shape index (κ3) is 3.44. The van der Waals surface area contributed by atoms with E-state index in [0.29, 0.717) is 5.92 Å². The Balaban J connectivity index is 2.77. The molecule has 0 amide bonds. The molecular formula is C14H30N2O2. The Hall–Kier alpha value is -0.160. The maximum atomic E-state index is 9.95. The highest BCUT2D eigenvalue weighted by Gasteiger charge is 2.38. The van der Waals surface area contributed by atoms with Gasteiger partial charge in [0.25, 0.3) is 0 Å². The van der Waals surface area contributed by atoms with Gasteiger partial charge in [0.15, 0.2) is 0 Å². The predicted octanol–water partition coefficient (Wildman–Crippen LogP) is 2.05. The molecule has 4 N–H and O–H groups in total. The maximum Gasteiger partial charge on any atom is 0.0715 e. The van der Waals surface area contributed by atoms with Crippen LogP contribution in [0.4, 0.5) is 0 Å². The molecule has 1 rings (SSSR count). The van der Waals surface area contributed by atoms with Crippen molar-refractivity contribution in [3.63, 3.8) is 0 Å². The minimum absolute atomic E-state index is 0.108. The first-order chi connectivity index (χ1) is 8.38. The van der Waals surface area contributed by atoms with Crippen LogP contribution < -0.4 is 10.8 Å². The highest BCUT2D eigenvalue weighted by molar-refractivity contribution is 4.95. The zero-order chi connectivity index (χ0) is 13.8. The molecule has 18 heavy (non-hydrogen) atoms. The fourth-order valence-corrected chi connectivity index (χ4v) is 3.08. The molecule has 0 aromatic heterocycles. The van der Waals surface area contributed by atoms with E-state index >= 15 is 0 Å². The van der Waals surface area contributed by atoms with Crippen molar-refractivity contribution in [2.24, 2.45) is 5.92 Å². The average Bonchev–Trinajstić information content (AvgIpc) is 2.29. The van der Waals surface area contributed by atoms with Gasteiger partial charge >= 0.3 is 0 Å². The maximum absolute atomic E-state index is 9.95. The van der Waals surface area contributed by atoms with Crippen LogP contribution in [0.3, 0.4) is 0 Å². The van der Waals surface area contributed by atoms with Crippen LogP contribution in [-0.4, -0.2) is 34.5 Å². The quantitative estimate of drug-likeness (QED) is 0.583. The van der Waals surface area contributed by atoms with E-state index < -0.39 is 11.6 Å². The molecule has 0 bridgehead atoms. The van der Waals surface area contributed by atoms with E-state index in [1.54, 1.807) is 6.92 Å². The van der Waals surface area contributed by atoms with Gasteiger partial charge in [-0.25, -0.2) is 0 Å². The van der Waals surface area contributed by atoms with Gasteiger partial charge in [0, 0.05) is 5.54 Å². The molecule has 0 heterocycles. The lowest BCUT2D eigenvalue weighted by molar-refractivity contribution is -0.0403. The van der Waals surface area contributed by atoms with Crippen LogP contribution in [0.5, 0.6) is 0 Å². The van der Waals surface area contributed by atoms with E-state index in [1.165, 1.54) is 6.42 Å². The summed E-state index contributed by atoms with van der Waals surface area (Å²) in [6, 6.07) is 0. The Morgan fingerprint density at radius 2 is 1.89 bits per heavy atom. The summed E-state index contributed by atoms with van der Waals surface area (Å²) in [7, 11) is 2.00. The smallest absolute Gasteiger partial charge is 0.0715 e. The van der Waals surface area contributed by atoms with Crippen LogP contribution in [0.1, 0.15) is 59.3 Å². The second-order valence-electron chi connectivity index (χ2n) is 6.40. The first-order valence-electron chi connectivity index (χ1n) is 7.16. The van der Waals surface area contributed by atoms with Crippen LogP contribution in [-0.2, 0) is 0 Å². The Labute approximate surface area is 111 Å². The van der Waals surface area contributed by atoms with Crippen LogP contribution in [0.15, 0.2) is 0 Å². The van der Waals surface area contributed by atoms with E-state index in [9.17, 15) is 10.3 Å². The largest absolute Gasteiger partial charge is 0.391 e. The second-order valence-corrected chi connectivity index (χ2v) is 6.40. The highest BCUT2D eigenvalue weighted by atomic mass is 16.5. The van der Waals surface area contributed by atoms with Crippen molar-refractivity contribution in [2.75, 3.05) is 7.05 Å². The highest BCUT2D eigenvalue weighted by Crippen LogP contribution is 2.35. The van der Waals surface area contributed by atoms with E-state index in [0.717, 1.165) is 32.1 Å². The molecule has 4 heteroatoms. The second kappa shape index (κ2) is 6.33. The molecule has 1 fully saturated rings. The molecule has 0 radical (unpaired) electrons. The molecule has 3 atom stereocenters. The normalized spacial score (nSPS) is 32.7. The third-order valence-electron chi connectivity index (χ3n) is 5.05. The van der Waals surface area contributed by atoms with Crippen molar-refractivity contribution in [3.05, 3.63) is 0 Å². The fraction of sp³-hybridized carbons (Fsp3) is 1.00. The molecule has 4 nitrogen and oxygen atoms in total. The van der Waals surface area contributed by atoms with Crippen LogP contribution in [0.25, 0.3) is 0 Å². The van der Waals surface area contributed by atoms with Crippen LogP contribution in [0, 0.1) is 5.92 Å². The monoisotopic (exact) mass is 258 g/mol. The van der Waals surface area contributed by atoms with E-state index in [4.69, 9.17) is 0 Å². The summed E-state index contributed by atoms with van der Waals surface area (Å²) in [6.45, 7) is 6.23. The first kappa shape index (κ1) is 15.9. The Morgan fingerprint density at radius 1 is 1.22 bits per heavy atom. The number of aliphatic hydroxyl groups excluding tert-OH is 1. The molecular weight excluding hydrogens is 228 g/mol. The van der Waals surface area contributed by atoms with Gasteiger partial charge in [-0.15, -0.1) is 0 Å². The number of hydroxylamine groups is 1. The van der Waals surface area contributed by atoms with Crippen molar-refractivity contribution >= 4 is 0 Å². The van der Waals surface area contributed by atoms with Crippen molar-refractivity contribution in [1.82, 2.24) is 10.8 Å². The Morgan fingerprint density at radius 3 is 2.39 bits per heavy atom. The summed E-state index contributed by atoms with van der Waals surface area (Å²) < 4.78 is 0. The topological polar surface area (TPSA) is 64.5 Å². The van der Waals surface area contributed by atoms with Gasteiger partial charge < -0.3 is 15.6 Å². The van der Waals surface area contributed by atoms with Gasteiger partial charge in [-0.2, -0.15) is 5.48 Å². The number of nitrogens with one attached hydrogen (secondary N) is 2. The predicted molar refractivity (Wildman–Crippen MR) is 73.7 cm³/mol. The van der Waals surface area contributed by atoms with E-state index in [-0.39, 0.29) is 5.54 Å². The lowest BCUT2D eigenvalue weighted by Gasteiger charge is -2.42. The molecule has 0 aromatic carbocycles. The zero-order valence-corrected chi connectivity index (χ0v) is 12.3. The van der Waals surface area contributed by atoms with Gasteiger partial charge in [-0.3, -0.25) is 0 Å². The average molecular weight is 258 g/mol. The summed E-state index contributed by atoms with van der Waals surface area (Å²) in [5.74, 6) is 0.578. The zero-order valence-electron chi connectivity index (χ0n) is 12.3. The Kier molecular flexibility index (Phi) is 5.59. The summed E-state index contributed by atoms with van der Waals surface area (Å²) in [5, 5.41) is 22.8. The summed E-state index contributed by atoms with van der Waals surface area (Å²) in [5.41, 5.74) is 1.99. The molecule has 1 unspecified atom stereocenters. The van der Waals surface area contributed by atoms with E-state index in [1.807, 2.05) is 7.05 Å². The lowest BCUT2D eigenvalue weighted by atomic mass is 9.72. The Bertz CT molecular complexity index is 256. The molecule has 1 saturated carbocycles. The van der Waals surface area contributed by atoms with Gasteiger partial charge in [-0.1, -0.05) is 12.8 Å². The first-order valence-corrected chi connectivity index (χ1v) is 7.16. The summed E-state index contributed by atoms with van der Waals surface area (Å²) in [4.78, 5) is 0. The SMILES string of the molecule is CNC(C)(C)[C@H]1CCCCC(NO)([C@H](C)O)CC1. The minimum atomic E-state index is -0.529. The molecule has 1 aliphatic rings. The van der Waals surface area contributed by atoms with Gasteiger partial charge in [0.05, 0.1) is 11.6 Å². The van der Waals surface area contributed by atoms with Gasteiger partial charge in [-0.05, 0) is 59.4 Å². The van der Waals surface area contributed by atoms with Crippen molar-refractivity contribution in [2.45, 2.75) is 76.5 Å². The number of hydrogen-bond donors (Lipinski definition) is 4. The summed E-state index contributed by atoms with van der Waals surface area (Å²) in [6.07, 6.45) is 5.58. The van der Waals surface area contributed by atoms with Gasteiger partial charge in [0.1, 0.15) is 0 Å². The lowest BCUT2D eigenvalue weighted by Crippen LogP contribution is -2.54. The molecule has 1 aliphatic carbocycles. The van der Waals surface area contributed by atoms with Crippen LogP contribution >= 0.6 is 0 Å². The number of hydrogen-bond acceptors (Lipinski definition) is 4. The molecule has 0 spiro atoms. The van der Waals surface area contributed by atoms with Crippen molar-refractivity contribution < 1.29 is 10.3 Å². The molecule has 0 saturated heterocycles. The minimum Gasteiger partial charge on any atom is -0.391 e. The summed E-state index contributed by atoms with van der Waals surface area (Å²) >= 11 is 0. The third-order valence-corrected chi connectivity index (χ3v) is 5.05. The van der Waals surface area contributed by atoms with Gasteiger partial charge in [0.2, 0.25) is 0 Å².